The average molecular weight is 284 g/mol. The van der Waals surface area contributed by atoms with Crippen molar-refractivity contribution in [2.45, 2.75) is 11.8 Å². The lowest BCUT2D eigenvalue weighted by molar-refractivity contribution is -0.139. The van der Waals surface area contributed by atoms with Gasteiger partial charge in [-0.15, -0.1) is 0 Å². The Morgan fingerprint density at radius 1 is 1.32 bits per heavy atom. The Balaban J connectivity index is 2.98. The van der Waals surface area contributed by atoms with Crippen molar-refractivity contribution in [3.63, 3.8) is 0 Å². The van der Waals surface area contributed by atoms with E-state index in [1.54, 1.807) is 12.1 Å². The molecule has 0 aromatic heterocycles. The smallest absolute Gasteiger partial charge is 0.302 e. The third-order valence-corrected chi connectivity index (χ3v) is 3.55. The maximum atomic E-state index is 11.3. The number of aliphatic hydroxyl groups excluding tert-OH is 1. The van der Waals surface area contributed by atoms with Crippen LogP contribution in [-0.4, -0.2) is 39.0 Å². The first-order valence-electron chi connectivity index (χ1n) is 5.58. The van der Waals surface area contributed by atoms with E-state index in [1.165, 1.54) is 25.1 Å². The first kappa shape index (κ1) is 15.4. The first-order valence-corrected chi connectivity index (χ1v) is 7.47. The molecule has 0 bridgehead atoms. The van der Waals surface area contributed by atoms with Crippen LogP contribution in [0.5, 0.6) is 0 Å². The fraction of sp³-hybridized carbons (Fsp3) is 0.308. The number of benzene rings is 1. The molecule has 0 amide bonds. The molecule has 0 heterocycles. The highest BCUT2D eigenvalue weighted by molar-refractivity contribution is 7.90. The molecule has 0 atom stereocenters. The predicted molar refractivity (Wildman–Crippen MR) is 71.2 cm³/mol. The van der Waals surface area contributed by atoms with E-state index in [0.29, 0.717) is 11.1 Å². The molecule has 1 N–H and O–H groups in total. The van der Waals surface area contributed by atoms with Crippen LogP contribution in [0.4, 0.5) is 0 Å². The summed E-state index contributed by atoms with van der Waals surface area (Å²) >= 11 is 0. The van der Waals surface area contributed by atoms with Crippen LogP contribution in [0.1, 0.15) is 12.5 Å². The van der Waals surface area contributed by atoms with Gasteiger partial charge in [0, 0.05) is 13.2 Å². The quantitative estimate of drug-likeness (QED) is 0.817. The molecule has 1 aromatic carbocycles. The zero-order chi connectivity index (χ0) is 14.5. The van der Waals surface area contributed by atoms with E-state index in [9.17, 15) is 13.2 Å². The highest BCUT2D eigenvalue weighted by atomic mass is 32.2. The lowest BCUT2D eigenvalue weighted by Crippen LogP contribution is -2.04. The van der Waals surface area contributed by atoms with Crippen LogP contribution in [-0.2, 0) is 19.4 Å². The Morgan fingerprint density at radius 2 is 1.89 bits per heavy atom. The summed E-state index contributed by atoms with van der Waals surface area (Å²) in [6.07, 6.45) is 2.64. The molecule has 19 heavy (non-hydrogen) atoms. The highest BCUT2D eigenvalue weighted by Crippen LogP contribution is 2.18. The van der Waals surface area contributed by atoms with Crippen molar-refractivity contribution in [1.29, 1.82) is 0 Å². The summed E-state index contributed by atoms with van der Waals surface area (Å²) in [6, 6.07) is 6.18. The second-order valence-electron chi connectivity index (χ2n) is 3.99. The Morgan fingerprint density at radius 3 is 2.32 bits per heavy atom. The van der Waals surface area contributed by atoms with Gasteiger partial charge in [0.2, 0.25) is 0 Å². The van der Waals surface area contributed by atoms with Gasteiger partial charge in [0.1, 0.15) is 6.61 Å². The van der Waals surface area contributed by atoms with Crippen molar-refractivity contribution in [2.75, 3.05) is 19.5 Å². The maximum Gasteiger partial charge on any atom is 0.302 e. The number of ether oxygens (including phenoxy) is 1. The second-order valence-corrected chi connectivity index (χ2v) is 6.00. The van der Waals surface area contributed by atoms with Crippen molar-refractivity contribution in [3.05, 3.63) is 35.9 Å². The molecule has 0 radical (unpaired) electrons. The SMILES string of the molecule is CC(=O)OCC(=CCO)c1ccc(S(C)(=O)=O)cc1. The van der Waals surface area contributed by atoms with Crippen LogP contribution in [0, 0.1) is 0 Å². The van der Waals surface area contributed by atoms with Crippen molar-refractivity contribution in [3.8, 4) is 0 Å². The van der Waals surface area contributed by atoms with Gasteiger partial charge in [0.25, 0.3) is 0 Å². The van der Waals surface area contributed by atoms with Crippen molar-refractivity contribution in [1.82, 2.24) is 0 Å². The number of esters is 1. The summed E-state index contributed by atoms with van der Waals surface area (Å²) in [6.45, 7) is 1.14. The van der Waals surface area contributed by atoms with Crippen molar-refractivity contribution < 1.29 is 23.1 Å². The number of hydrogen-bond acceptors (Lipinski definition) is 5. The molecule has 1 aromatic rings. The highest BCUT2D eigenvalue weighted by Gasteiger charge is 2.08. The van der Waals surface area contributed by atoms with E-state index < -0.39 is 15.8 Å². The topological polar surface area (TPSA) is 80.7 Å². The largest absolute Gasteiger partial charge is 0.461 e. The third-order valence-electron chi connectivity index (χ3n) is 2.42. The Bertz CT molecular complexity index is 570. The molecule has 104 valence electrons. The van der Waals surface area contributed by atoms with Crippen LogP contribution in [0.15, 0.2) is 35.2 Å². The third kappa shape index (κ3) is 4.84. The van der Waals surface area contributed by atoms with Gasteiger partial charge >= 0.3 is 5.97 Å². The second kappa shape index (κ2) is 6.49. The summed E-state index contributed by atoms with van der Waals surface area (Å²) in [5.74, 6) is -0.420. The van der Waals surface area contributed by atoms with E-state index in [1.807, 2.05) is 0 Å². The number of sulfone groups is 1. The van der Waals surface area contributed by atoms with E-state index in [-0.39, 0.29) is 18.1 Å². The minimum atomic E-state index is -3.24. The summed E-state index contributed by atoms with van der Waals surface area (Å²) in [5, 5.41) is 8.93. The number of rotatable bonds is 5. The first-order chi connectivity index (χ1) is 8.84. The minimum Gasteiger partial charge on any atom is -0.461 e. The summed E-state index contributed by atoms with van der Waals surface area (Å²) < 4.78 is 27.5. The standard InChI is InChI=1S/C13H16O5S/c1-10(15)18-9-12(7-8-14)11-3-5-13(6-4-11)19(2,16)17/h3-7,14H,8-9H2,1-2H3. The maximum absolute atomic E-state index is 11.3. The fourth-order valence-electron chi connectivity index (χ4n) is 1.47. The van der Waals surface area contributed by atoms with Gasteiger partial charge < -0.3 is 9.84 Å². The normalized spacial score (nSPS) is 12.3. The van der Waals surface area contributed by atoms with Gasteiger partial charge in [-0.25, -0.2) is 8.42 Å². The molecule has 1 rings (SSSR count). The van der Waals surface area contributed by atoms with Crippen LogP contribution in [0.25, 0.3) is 5.57 Å². The van der Waals surface area contributed by atoms with Crippen LogP contribution in [0.2, 0.25) is 0 Å². The molecule has 0 aliphatic heterocycles. The predicted octanol–water partition coefficient (Wildman–Crippen LogP) is 1.03. The number of hydrogen-bond donors (Lipinski definition) is 1. The molecular weight excluding hydrogens is 268 g/mol. The zero-order valence-corrected chi connectivity index (χ0v) is 11.6. The lowest BCUT2D eigenvalue weighted by atomic mass is 10.1. The number of carbonyl (C=O) groups excluding carboxylic acids is 1. The summed E-state index contributed by atoms with van der Waals surface area (Å²) in [5.41, 5.74) is 1.32. The number of carbonyl (C=O) groups is 1. The van der Waals surface area contributed by atoms with Crippen molar-refractivity contribution >= 4 is 21.4 Å². The molecule has 5 nitrogen and oxygen atoms in total. The Labute approximate surface area is 112 Å². The van der Waals surface area contributed by atoms with Gasteiger partial charge in [0.05, 0.1) is 11.5 Å². The molecule has 0 spiro atoms. The summed E-state index contributed by atoms with van der Waals surface area (Å²) in [4.78, 5) is 11.0. The molecule has 0 saturated heterocycles. The molecule has 0 aliphatic carbocycles. The molecule has 6 heteroatoms. The van der Waals surface area contributed by atoms with E-state index >= 15 is 0 Å². The average Bonchev–Trinajstić information content (AvgIpc) is 2.33. The fourth-order valence-corrected chi connectivity index (χ4v) is 2.10. The summed E-state index contributed by atoms with van der Waals surface area (Å²) in [7, 11) is -3.24. The molecule has 0 unspecified atom stereocenters. The molecule has 0 saturated carbocycles. The molecular formula is C13H16O5S. The van der Waals surface area contributed by atoms with Crippen LogP contribution in [0.3, 0.4) is 0 Å². The van der Waals surface area contributed by atoms with E-state index in [4.69, 9.17) is 9.84 Å². The minimum absolute atomic E-state index is 0.0358. The van der Waals surface area contributed by atoms with Gasteiger partial charge in [-0.1, -0.05) is 18.2 Å². The zero-order valence-electron chi connectivity index (χ0n) is 10.8. The van der Waals surface area contributed by atoms with Gasteiger partial charge in [-0.3, -0.25) is 4.79 Å². The molecule has 0 fully saturated rings. The van der Waals surface area contributed by atoms with Gasteiger partial charge in [-0.05, 0) is 23.3 Å². The Hall–Kier alpha value is -1.66. The van der Waals surface area contributed by atoms with Crippen molar-refractivity contribution in [2.24, 2.45) is 0 Å². The molecule has 0 aliphatic rings. The lowest BCUT2D eigenvalue weighted by Gasteiger charge is -2.08. The number of aliphatic hydroxyl groups is 1. The monoisotopic (exact) mass is 284 g/mol. The van der Waals surface area contributed by atoms with E-state index in [0.717, 1.165) is 6.26 Å². The van der Waals surface area contributed by atoms with Crippen LogP contribution >= 0.6 is 0 Å². The van der Waals surface area contributed by atoms with Gasteiger partial charge in [-0.2, -0.15) is 0 Å². The van der Waals surface area contributed by atoms with Crippen LogP contribution < -0.4 is 0 Å². The van der Waals surface area contributed by atoms with E-state index in [2.05, 4.69) is 0 Å². The Kier molecular flexibility index (Phi) is 5.26. The van der Waals surface area contributed by atoms with Gasteiger partial charge in [0.15, 0.2) is 9.84 Å².